The van der Waals surface area contributed by atoms with Gasteiger partial charge in [0.1, 0.15) is 0 Å². The number of halogens is 1. The molecule has 2 unspecified atom stereocenters. The summed E-state index contributed by atoms with van der Waals surface area (Å²) in [5.41, 5.74) is 0. The van der Waals surface area contributed by atoms with Crippen molar-refractivity contribution in [2.45, 2.75) is 24.0 Å². The van der Waals surface area contributed by atoms with E-state index >= 15 is 0 Å². The largest absolute Gasteiger partial charge is 0.301 e. The summed E-state index contributed by atoms with van der Waals surface area (Å²) in [6.45, 7) is 3.40. The van der Waals surface area contributed by atoms with Crippen LogP contribution in [-0.2, 0) is 0 Å². The minimum absolute atomic E-state index is 0.459. The molecule has 1 fully saturated rings. The molecular formula is C9H12ClNS2. The van der Waals surface area contributed by atoms with Crippen molar-refractivity contribution in [3.8, 4) is 0 Å². The summed E-state index contributed by atoms with van der Waals surface area (Å²) in [5, 5.41) is 4.71. The first-order valence-electron chi connectivity index (χ1n) is 4.40. The molecule has 2 atom stereocenters. The van der Waals surface area contributed by atoms with Crippen LogP contribution in [0.15, 0.2) is 12.1 Å². The Hall–Kier alpha value is 0.300. The van der Waals surface area contributed by atoms with Gasteiger partial charge in [-0.3, -0.25) is 0 Å². The summed E-state index contributed by atoms with van der Waals surface area (Å²) in [5.74, 6) is 0. The maximum absolute atomic E-state index is 5.90. The van der Waals surface area contributed by atoms with E-state index in [-0.39, 0.29) is 0 Å². The van der Waals surface area contributed by atoms with Gasteiger partial charge >= 0.3 is 0 Å². The second-order valence-electron chi connectivity index (χ2n) is 3.21. The summed E-state index contributed by atoms with van der Waals surface area (Å²) >= 11 is 9.57. The van der Waals surface area contributed by atoms with Gasteiger partial charge in [0.15, 0.2) is 0 Å². The van der Waals surface area contributed by atoms with Crippen LogP contribution in [0.3, 0.4) is 0 Å². The molecule has 0 radical (unpaired) electrons. The molecule has 0 aliphatic carbocycles. The van der Waals surface area contributed by atoms with Gasteiger partial charge in [0.25, 0.3) is 0 Å². The van der Waals surface area contributed by atoms with Gasteiger partial charge in [-0.2, -0.15) is 0 Å². The number of nitrogens with one attached hydrogen (secondary N) is 1. The number of rotatable bonds is 1. The van der Waals surface area contributed by atoms with Gasteiger partial charge in [-0.15, -0.1) is 23.1 Å². The van der Waals surface area contributed by atoms with Crippen molar-refractivity contribution in [2.24, 2.45) is 0 Å². The van der Waals surface area contributed by atoms with Crippen LogP contribution >= 0.6 is 34.7 Å². The second kappa shape index (κ2) is 4.22. The molecule has 13 heavy (non-hydrogen) atoms. The van der Waals surface area contributed by atoms with Crippen molar-refractivity contribution in [1.82, 2.24) is 5.32 Å². The summed E-state index contributed by atoms with van der Waals surface area (Å²) in [6, 6.07) is 4.10. The quantitative estimate of drug-likeness (QED) is 0.797. The fourth-order valence-corrected chi connectivity index (χ4v) is 3.88. The van der Waals surface area contributed by atoms with Crippen LogP contribution in [0, 0.1) is 0 Å². The Balaban J connectivity index is 2.08. The fourth-order valence-electron chi connectivity index (χ4n) is 1.40. The van der Waals surface area contributed by atoms with Crippen LogP contribution in [0.5, 0.6) is 0 Å². The third-order valence-electron chi connectivity index (χ3n) is 2.10. The van der Waals surface area contributed by atoms with Crippen LogP contribution in [0.2, 0.25) is 4.34 Å². The Morgan fingerprint density at radius 1 is 1.54 bits per heavy atom. The number of hydrogen-bond acceptors (Lipinski definition) is 3. The minimum Gasteiger partial charge on any atom is -0.301 e. The van der Waals surface area contributed by atoms with Crippen LogP contribution < -0.4 is 5.32 Å². The van der Waals surface area contributed by atoms with Gasteiger partial charge in [0.2, 0.25) is 0 Å². The molecule has 2 rings (SSSR count). The van der Waals surface area contributed by atoms with Gasteiger partial charge in [0, 0.05) is 10.1 Å². The lowest BCUT2D eigenvalue weighted by Gasteiger charge is -2.26. The summed E-state index contributed by atoms with van der Waals surface area (Å²) in [4.78, 5) is 1.35. The SMILES string of the molecule is CC1CCNC(c2ccc(Cl)s2)S1. The maximum atomic E-state index is 5.90. The predicted octanol–water partition coefficient (Wildman–Crippen LogP) is 3.52. The fraction of sp³-hybridized carbons (Fsp3) is 0.556. The molecule has 72 valence electrons. The van der Waals surface area contributed by atoms with E-state index in [1.165, 1.54) is 11.3 Å². The number of hydrogen-bond donors (Lipinski definition) is 1. The Kier molecular flexibility index (Phi) is 3.19. The van der Waals surface area contributed by atoms with Gasteiger partial charge < -0.3 is 5.32 Å². The summed E-state index contributed by atoms with van der Waals surface area (Å²) in [6.07, 6.45) is 1.26. The van der Waals surface area contributed by atoms with E-state index in [0.717, 1.165) is 16.1 Å². The van der Waals surface area contributed by atoms with Crippen molar-refractivity contribution >= 4 is 34.7 Å². The molecule has 1 aromatic rings. The smallest absolute Gasteiger partial charge is 0.0932 e. The predicted molar refractivity (Wildman–Crippen MR) is 61.7 cm³/mol. The molecule has 1 aliphatic heterocycles. The first-order chi connectivity index (χ1) is 6.25. The Labute approximate surface area is 91.9 Å². The standard InChI is InChI=1S/C9H12ClNS2/c1-6-4-5-11-9(12-6)7-2-3-8(10)13-7/h2-3,6,9,11H,4-5H2,1H3. The highest BCUT2D eigenvalue weighted by Gasteiger charge is 2.21. The molecule has 1 N–H and O–H groups in total. The van der Waals surface area contributed by atoms with Crippen molar-refractivity contribution in [3.63, 3.8) is 0 Å². The third-order valence-corrected chi connectivity index (χ3v) is 4.94. The molecule has 1 nitrogen and oxygen atoms in total. The zero-order valence-electron chi connectivity index (χ0n) is 7.42. The van der Waals surface area contributed by atoms with E-state index in [9.17, 15) is 0 Å². The molecule has 4 heteroatoms. The van der Waals surface area contributed by atoms with E-state index in [4.69, 9.17) is 11.6 Å². The zero-order valence-corrected chi connectivity index (χ0v) is 9.81. The lowest BCUT2D eigenvalue weighted by Crippen LogP contribution is -2.28. The van der Waals surface area contributed by atoms with Crippen LogP contribution in [0.25, 0.3) is 0 Å². The van der Waals surface area contributed by atoms with Crippen molar-refractivity contribution in [1.29, 1.82) is 0 Å². The van der Waals surface area contributed by atoms with E-state index < -0.39 is 0 Å². The molecule has 1 aliphatic rings. The van der Waals surface area contributed by atoms with Crippen LogP contribution in [-0.4, -0.2) is 11.8 Å². The zero-order chi connectivity index (χ0) is 9.26. The Morgan fingerprint density at radius 2 is 2.38 bits per heavy atom. The van der Waals surface area contributed by atoms with Gasteiger partial charge in [-0.05, 0) is 25.1 Å². The normalized spacial score (nSPS) is 29.1. The highest BCUT2D eigenvalue weighted by Crippen LogP contribution is 2.38. The molecule has 0 bridgehead atoms. The molecule has 0 aromatic carbocycles. The Morgan fingerprint density at radius 3 is 3.00 bits per heavy atom. The van der Waals surface area contributed by atoms with Gasteiger partial charge in [-0.25, -0.2) is 0 Å². The van der Waals surface area contributed by atoms with E-state index in [1.54, 1.807) is 11.3 Å². The van der Waals surface area contributed by atoms with Crippen LogP contribution in [0.4, 0.5) is 0 Å². The number of thiophene rings is 1. The average molecular weight is 234 g/mol. The molecule has 0 saturated carbocycles. The molecule has 0 spiro atoms. The first-order valence-corrected chi connectivity index (χ1v) is 6.53. The third kappa shape index (κ3) is 2.40. The van der Waals surface area contributed by atoms with E-state index in [2.05, 4.69) is 18.3 Å². The first kappa shape index (κ1) is 9.84. The molecule has 0 amide bonds. The second-order valence-corrected chi connectivity index (χ2v) is 6.51. The van der Waals surface area contributed by atoms with E-state index in [0.29, 0.717) is 5.37 Å². The molecule has 1 saturated heterocycles. The monoisotopic (exact) mass is 233 g/mol. The van der Waals surface area contributed by atoms with Crippen molar-refractivity contribution in [3.05, 3.63) is 21.3 Å². The van der Waals surface area contributed by atoms with Crippen LogP contribution in [0.1, 0.15) is 23.6 Å². The van der Waals surface area contributed by atoms with Crippen molar-refractivity contribution < 1.29 is 0 Å². The topological polar surface area (TPSA) is 12.0 Å². The van der Waals surface area contributed by atoms with E-state index in [1.807, 2.05) is 17.8 Å². The summed E-state index contributed by atoms with van der Waals surface area (Å²) < 4.78 is 0.885. The molecule has 2 heterocycles. The highest BCUT2D eigenvalue weighted by molar-refractivity contribution is 8.00. The average Bonchev–Trinajstić information content (AvgIpc) is 2.52. The van der Waals surface area contributed by atoms with Crippen molar-refractivity contribution in [2.75, 3.05) is 6.54 Å². The lowest BCUT2D eigenvalue weighted by atomic mass is 10.3. The summed E-state index contributed by atoms with van der Waals surface area (Å²) in [7, 11) is 0. The number of thioether (sulfide) groups is 1. The van der Waals surface area contributed by atoms with Gasteiger partial charge in [-0.1, -0.05) is 18.5 Å². The molecular weight excluding hydrogens is 222 g/mol. The van der Waals surface area contributed by atoms with Gasteiger partial charge in [0.05, 0.1) is 9.71 Å². The Bertz CT molecular complexity index is 287. The lowest BCUT2D eigenvalue weighted by molar-refractivity contribution is 0.610. The maximum Gasteiger partial charge on any atom is 0.0932 e. The highest BCUT2D eigenvalue weighted by atomic mass is 35.5. The molecule has 1 aromatic heterocycles. The minimum atomic E-state index is 0.459.